The minimum Gasteiger partial charge on any atom is -0.507 e. The predicted octanol–water partition coefficient (Wildman–Crippen LogP) is 5.94. The number of nitrogens with one attached hydrogen (secondary N) is 1. The quantitative estimate of drug-likeness (QED) is 0.200. The summed E-state index contributed by atoms with van der Waals surface area (Å²) in [4.78, 5) is 36.0. The van der Waals surface area contributed by atoms with E-state index >= 15 is 0 Å². The molecule has 2 heterocycles. The van der Waals surface area contributed by atoms with E-state index in [-0.39, 0.29) is 28.2 Å². The van der Waals surface area contributed by atoms with E-state index in [0.717, 1.165) is 17.2 Å². The summed E-state index contributed by atoms with van der Waals surface area (Å²) >= 11 is 0. The normalized spacial score (nSPS) is 17.4. The molecule has 0 saturated carbocycles. The third kappa shape index (κ3) is 4.22. The number of amides is 1. The van der Waals surface area contributed by atoms with Crippen LogP contribution >= 0.6 is 0 Å². The van der Waals surface area contributed by atoms with Gasteiger partial charge >= 0.3 is 5.91 Å². The van der Waals surface area contributed by atoms with Crippen molar-refractivity contribution >= 4 is 34.4 Å². The number of methoxy groups -OCH3 is 1. The number of carbonyl (C=O) groups excluding carboxylic acids is 2. The van der Waals surface area contributed by atoms with E-state index in [0.29, 0.717) is 16.6 Å². The number of aromatic amines is 1. The van der Waals surface area contributed by atoms with Crippen LogP contribution in [0.15, 0.2) is 66.2 Å². The van der Waals surface area contributed by atoms with Gasteiger partial charge in [-0.05, 0) is 59.4 Å². The van der Waals surface area contributed by atoms with Crippen molar-refractivity contribution in [3.8, 4) is 5.75 Å². The van der Waals surface area contributed by atoms with Gasteiger partial charge in [-0.2, -0.15) is 0 Å². The van der Waals surface area contributed by atoms with Crippen molar-refractivity contribution in [1.82, 2.24) is 9.97 Å². The minimum absolute atomic E-state index is 0.0259. The van der Waals surface area contributed by atoms with Crippen molar-refractivity contribution < 1.29 is 23.8 Å². The van der Waals surface area contributed by atoms with Gasteiger partial charge in [-0.25, -0.2) is 9.37 Å². The zero-order chi connectivity index (χ0) is 27.4. The lowest BCUT2D eigenvalue weighted by Crippen LogP contribution is -2.30. The summed E-state index contributed by atoms with van der Waals surface area (Å²) in [5.74, 6) is -2.59. The molecule has 1 aromatic heterocycles. The number of benzene rings is 3. The number of aliphatic hydroxyl groups is 1. The fourth-order valence-corrected chi connectivity index (χ4v) is 4.77. The summed E-state index contributed by atoms with van der Waals surface area (Å²) in [6.45, 7) is 8.19. The van der Waals surface area contributed by atoms with E-state index in [1.54, 1.807) is 0 Å². The Hall–Kier alpha value is -4.46. The Labute approximate surface area is 219 Å². The van der Waals surface area contributed by atoms with Crippen LogP contribution in [0.2, 0.25) is 0 Å². The summed E-state index contributed by atoms with van der Waals surface area (Å²) in [5, 5.41) is 11.4. The van der Waals surface area contributed by atoms with Crippen LogP contribution in [0.25, 0.3) is 16.8 Å². The fourth-order valence-electron chi connectivity index (χ4n) is 4.77. The summed E-state index contributed by atoms with van der Waals surface area (Å²) < 4.78 is 19.5. The molecule has 1 atom stereocenters. The Kier molecular flexibility index (Phi) is 6.06. The van der Waals surface area contributed by atoms with Crippen molar-refractivity contribution in [3.05, 3.63) is 94.3 Å². The number of nitrogens with zero attached hydrogens (tertiary/aromatic N) is 2. The number of H-pyrrole nitrogens is 1. The highest BCUT2D eigenvalue weighted by Crippen LogP contribution is 2.43. The number of halogens is 1. The van der Waals surface area contributed by atoms with Gasteiger partial charge in [-0.1, -0.05) is 51.1 Å². The van der Waals surface area contributed by atoms with Crippen molar-refractivity contribution in [2.75, 3.05) is 12.0 Å². The molecule has 0 bridgehead atoms. The molecule has 3 aromatic carbocycles. The standard InChI is InChI=1S/C30H28FN3O4/c1-16-6-12-21-22(14-16)33-29(32-21)34-25(17-7-9-18(10-8-17)30(2,3)4)24(27(36)28(34)37)26(35)20-15-19(31)11-13-23(20)38-5/h6-15,25,35H,1-5H3,(H,32,33)/b26-24+. The zero-order valence-corrected chi connectivity index (χ0v) is 21.8. The van der Waals surface area contributed by atoms with Crippen LogP contribution in [0.3, 0.4) is 0 Å². The summed E-state index contributed by atoms with van der Waals surface area (Å²) in [7, 11) is 1.38. The second-order valence-electron chi connectivity index (χ2n) is 10.5. The lowest BCUT2D eigenvalue weighted by Gasteiger charge is -2.25. The third-order valence-electron chi connectivity index (χ3n) is 6.81. The molecule has 1 amide bonds. The highest BCUT2D eigenvalue weighted by molar-refractivity contribution is 6.51. The molecule has 1 saturated heterocycles. The molecule has 1 fully saturated rings. The number of anilines is 1. The van der Waals surface area contributed by atoms with Crippen LogP contribution in [-0.2, 0) is 15.0 Å². The zero-order valence-electron chi connectivity index (χ0n) is 21.8. The van der Waals surface area contributed by atoms with Gasteiger partial charge in [0, 0.05) is 0 Å². The molecule has 194 valence electrons. The molecule has 0 spiro atoms. The Morgan fingerprint density at radius 3 is 2.42 bits per heavy atom. The molecule has 1 aliphatic rings. The lowest BCUT2D eigenvalue weighted by atomic mass is 9.85. The number of rotatable bonds is 4. The van der Waals surface area contributed by atoms with E-state index in [9.17, 15) is 19.1 Å². The highest BCUT2D eigenvalue weighted by atomic mass is 19.1. The number of ether oxygens (including phenoxy) is 1. The van der Waals surface area contributed by atoms with Gasteiger partial charge in [0.2, 0.25) is 5.95 Å². The van der Waals surface area contributed by atoms with E-state index < -0.39 is 29.3 Å². The molecular weight excluding hydrogens is 485 g/mol. The molecule has 4 aromatic rings. The topological polar surface area (TPSA) is 95.5 Å². The Balaban J connectivity index is 1.75. The van der Waals surface area contributed by atoms with E-state index in [1.165, 1.54) is 24.1 Å². The number of fused-ring (bicyclic) bond motifs is 1. The maximum absolute atomic E-state index is 14.2. The first-order valence-corrected chi connectivity index (χ1v) is 12.2. The molecule has 38 heavy (non-hydrogen) atoms. The largest absolute Gasteiger partial charge is 0.507 e. The number of aromatic nitrogens is 2. The fraction of sp³-hybridized carbons (Fsp3) is 0.233. The van der Waals surface area contributed by atoms with Gasteiger partial charge in [0.05, 0.1) is 35.3 Å². The van der Waals surface area contributed by atoms with Crippen LogP contribution in [0.5, 0.6) is 5.75 Å². The molecule has 0 aliphatic carbocycles. The first kappa shape index (κ1) is 25.2. The van der Waals surface area contributed by atoms with Gasteiger partial charge < -0.3 is 14.8 Å². The number of carbonyl (C=O) groups is 2. The predicted molar refractivity (Wildman–Crippen MR) is 144 cm³/mol. The summed E-state index contributed by atoms with van der Waals surface area (Å²) in [6.07, 6.45) is 0. The Morgan fingerprint density at radius 2 is 1.76 bits per heavy atom. The number of aryl methyl sites for hydroxylation is 1. The maximum atomic E-state index is 14.2. The molecule has 2 N–H and O–H groups in total. The number of ketones is 1. The number of hydrogen-bond donors (Lipinski definition) is 2. The number of hydrogen-bond acceptors (Lipinski definition) is 5. The van der Waals surface area contributed by atoms with Crippen LogP contribution in [0, 0.1) is 12.7 Å². The van der Waals surface area contributed by atoms with Crippen LogP contribution in [0.4, 0.5) is 10.3 Å². The molecule has 5 rings (SSSR count). The molecule has 0 radical (unpaired) electrons. The van der Waals surface area contributed by atoms with Gasteiger partial charge in [-0.15, -0.1) is 0 Å². The molecule has 1 aliphatic heterocycles. The van der Waals surface area contributed by atoms with E-state index in [1.807, 2.05) is 49.4 Å². The van der Waals surface area contributed by atoms with Crippen molar-refractivity contribution in [1.29, 1.82) is 0 Å². The van der Waals surface area contributed by atoms with Gasteiger partial charge in [0.15, 0.2) is 0 Å². The monoisotopic (exact) mass is 513 g/mol. The van der Waals surface area contributed by atoms with Crippen molar-refractivity contribution in [2.24, 2.45) is 0 Å². The first-order chi connectivity index (χ1) is 18.0. The Morgan fingerprint density at radius 1 is 1.05 bits per heavy atom. The molecule has 8 heteroatoms. The van der Waals surface area contributed by atoms with E-state index in [2.05, 4.69) is 30.7 Å². The molecule has 1 unspecified atom stereocenters. The second-order valence-corrected chi connectivity index (χ2v) is 10.5. The lowest BCUT2D eigenvalue weighted by molar-refractivity contribution is -0.132. The smallest absolute Gasteiger partial charge is 0.302 e. The molecule has 7 nitrogen and oxygen atoms in total. The maximum Gasteiger partial charge on any atom is 0.302 e. The van der Waals surface area contributed by atoms with Crippen molar-refractivity contribution in [3.63, 3.8) is 0 Å². The minimum atomic E-state index is -1.02. The van der Waals surface area contributed by atoms with Crippen LogP contribution in [-0.4, -0.2) is 33.9 Å². The highest BCUT2D eigenvalue weighted by Gasteiger charge is 2.48. The van der Waals surface area contributed by atoms with Gasteiger partial charge in [0.25, 0.3) is 5.78 Å². The third-order valence-corrected chi connectivity index (χ3v) is 6.81. The number of imidazole rings is 1. The Bertz CT molecular complexity index is 1610. The van der Waals surface area contributed by atoms with E-state index in [4.69, 9.17) is 4.74 Å². The average Bonchev–Trinajstić information content (AvgIpc) is 3.40. The first-order valence-electron chi connectivity index (χ1n) is 12.2. The SMILES string of the molecule is COc1ccc(F)cc1/C(O)=C1\C(=O)C(=O)N(c2nc3ccc(C)cc3[nH]2)C1c1ccc(C(C)(C)C)cc1. The van der Waals surface area contributed by atoms with Gasteiger partial charge in [0.1, 0.15) is 17.3 Å². The molecular formula is C30H28FN3O4. The van der Waals surface area contributed by atoms with Crippen LogP contribution < -0.4 is 9.64 Å². The van der Waals surface area contributed by atoms with Gasteiger partial charge in [-0.3, -0.25) is 14.5 Å². The van der Waals surface area contributed by atoms with Crippen LogP contribution in [0.1, 0.15) is 49.1 Å². The summed E-state index contributed by atoms with van der Waals surface area (Å²) in [6, 6.07) is 15.7. The summed E-state index contributed by atoms with van der Waals surface area (Å²) in [5.41, 5.74) is 3.65. The number of aliphatic hydroxyl groups excluding tert-OH is 1. The number of Topliss-reactive ketones (excluding diaryl/α,β-unsaturated/α-hetero) is 1. The average molecular weight is 514 g/mol. The van der Waals surface area contributed by atoms with Crippen molar-refractivity contribution in [2.45, 2.75) is 39.2 Å². The second kappa shape index (κ2) is 9.13.